The number of nitrogens with zero attached hydrogens (tertiary/aromatic N) is 4. The summed E-state index contributed by atoms with van der Waals surface area (Å²) in [7, 11) is 0. The quantitative estimate of drug-likeness (QED) is 0.800. The Labute approximate surface area is 125 Å². The van der Waals surface area contributed by atoms with E-state index in [1.165, 1.54) is 0 Å². The molecule has 3 heterocycles. The van der Waals surface area contributed by atoms with E-state index in [4.69, 9.17) is 9.72 Å². The number of hydrogen-bond acceptors (Lipinski definition) is 5. The van der Waals surface area contributed by atoms with Gasteiger partial charge >= 0.3 is 0 Å². The van der Waals surface area contributed by atoms with Crippen LogP contribution in [0.15, 0.2) is 18.5 Å². The number of fused-ring (bicyclic) bond motifs is 1. The Balaban J connectivity index is 1.82. The SMILES string of the molecule is CCOCCn1c(CN2CCNCC2)nc2cnccc21. The molecule has 114 valence electrons. The molecule has 0 spiro atoms. The molecular formula is C15H23N5O. The molecule has 1 saturated heterocycles. The summed E-state index contributed by atoms with van der Waals surface area (Å²) in [6.45, 7) is 9.50. The maximum atomic E-state index is 5.51. The fourth-order valence-electron chi connectivity index (χ4n) is 2.77. The number of pyridine rings is 1. The molecule has 0 radical (unpaired) electrons. The highest BCUT2D eigenvalue weighted by Gasteiger charge is 2.16. The fourth-order valence-corrected chi connectivity index (χ4v) is 2.77. The van der Waals surface area contributed by atoms with Crippen molar-refractivity contribution in [1.82, 2.24) is 24.8 Å². The number of hydrogen-bond donors (Lipinski definition) is 1. The molecule has 21 heavy (non-hydrogen) atoms. The lowest BCUT2D eigenvalue weighted by Crippen LogP contribution is -2.43. The van der Waals surface area contributed by atoms with Crippen molar-refractivity contribution in [2.75, 3.05) is 39.4 Å². The van der Waals surface area contributed by atoms with Gasteiger partial charge in [-0.3, -0.25) is 9.88 Å². The highest BCUT2D eigenvalue weighted by Crippen LogP contribution is 2.16. The van der Waals surface area contributed by atoms with Gasteiger partial charge in [-0.05, 0) is 13.0 Å². The minimum atomic E-state index is 0.721. The van der Waals surface area contributed by atoms with Gasteiger partial charge in [0.15, 0.2) is 0 Å². The Hall–Kier alpha value is -1.50. The number of nitrogens with one attached hydrogen (secondary N) is 1. The summed E-state index contributed by atoms with van der Waals surface area (Å²) in [5.74, 6) is 1.11. The minimum absolute atomic E-state index is 0.721. The highest BCUT2D eigenvalue weighted by atomic mass is 16.5. The zero-order valence-corrected chi connectivity index (χ0v) is 12.6. The van der Waals surface area contributed by atoms with E-state index in [0.29, 0.717) is 0 Å². The summed E-state index contributed by atoms with van der Waals surface area (Å²) >= 11 is 0. The van der Waals surface area contributed by atoms with Crippen LogP contribution in [0.3, 0.4) is 0 Å². The Morgan fingerprint density at radius 3 is 3.00 bits per heavy atom. The van der Waals surface area contributed by atoms with Crippen molar-refractivity contribution in [3.8, 4) is 0 Å². The van der Waals surface area contributed by atoms with E-state index in [1.54, 1.807) is 0 Å². The summed E-state index contributed by atoms with van der Waals surface area (Å²) in [5, 5.41) is 3.38. The summed E-state index contributed by atoms with van der Waals surface area (Å²) in [5.41, 5.74) is 2.12. The summed E-state index contributed by atoms with van der Waals surface area (Å²) in [6.07, 6.45) is 3.67. The first-order valence-corrected chi connectivity index (χ1v) is 7.68. The molecule has 2 aromatic heterocycles. The van der Waals surface area contributed by atoms with E-state index >= 15 is 0 Å². The molecule has 0 amide bonds. The number of rotatable bonds is 6. The van der Waals surface area contributed by atoms with Crippen molar-refractivity contribution in [3.63, 3.8) is 0 Å². The van der Waals surface area contributed by atoms with Crippen LogP contribution in [0.2, 0.25) is 0 Å². The topological polar surface area (TPSA) is 55.2 Å². The van der Waals surface area contributed by atoms with Gasteiger partial charge in [-0.1, -0.05) is 0 Å². The number of piperazine rings is 1. The van der Waals surface area contributed by atoms with E-state index in [1.807, 2.05) is 25.4 Å². The second kappa shape index (κ2) is 6.98. The maximum Gasteiger partial charge on any atom is 0.124 e. The zero-order chi connectivity index (χ0) is 14.5. The van der Waals surface area contributed by atoms with Gasteiger partial charge in [-0.2, -0.15) is 0 Å². The van der Waals surface area contributed by atoms with Gasteiger partial charge in [0, 0.05) is 45.5 Å². The smallest absolute Gasteiger partial charge is 0.124 e. The monoisotopic (exact) mass is 289 g/mol. The van der Waals surface area contributed by atoms with Gasteiger partial charge in [0.05, 0.1) is 24.9 Å². The van der Waals surface area contributed by atoms with Crippen LogP contribution in [0.25, 0.3) is 11.0 Å². The van der Waals surface area contributed by atoms with E-state index in [9.17, 15) is 0 Å². The van der Waals surface area contributed by atoms with E-state index in [-0.39, 0.29) is 0 Å². The molecule has 1 fully saturated rings. The van der Waals surface area contributed by atoms with Crippen molar-refractivity contribution in [3.05, 3.63) is 24.3 Å². The first kappa shape index (κ1) is 14.4. The number of aromatic nitrogens is 3. The summed E-state index contributed by atoms with van der Waals surface area (Å²) in [4.78, 5) is 11.4. The number of imidazole rings is 1. The molecule has 1 aliphatic heterocycles. The molecule has 2 aromatic rings. The maximum absolute atomic E-state index is 5.51. The normalized spacial score (nSPS) is 16.6. The first-order chi connectivity index (χ1) is 10.4. The average molecular weight is 289 g/mol. The molecular weight excluding hydrogens is 266 g/mol. The molecule has 1 N–H and O–H groups in total. The first-order valence-electron chi connectivity index (χ1n) is 7.68. The molecule has 0 unspecified atom stereocenters. The molecule has 6 nitrogen and oxygen atoms in total. The van der Waals surface area contributed by atoms with E-state index in [2.05, 4.69) is 19.8 Å². The zero-order valence-electron chi connectivity index (χ0n) is 12.6. The van der Waals surface area contributed by atoms with Crippen molar-refractivity contribution in [2.45, 2.75) is 20.0 Å². The van der Waals surface area contributed by atoms with Crippen LogP contribution < -0.4 is 5.32 Å². The van der Waals surface area contributed by atoms with Gasteiger partial charge in [-0.15, -0.1) is 0 Å². The van der Waals surface area contributed by atoms with E-state index < -0.39 is 0 Å². The Morgan fingerprint density at radius 1 is 1.33 bits per heavy atom. The second-order valence-electron chi connectivity index (χ2n) is 5.27. The van der Waals surface area contributed by atoms with Crippen LogP contribution in [0, 0.1) is 0 Å². The number of ether oxygens (including phenoxy) is 1. The molecule has 0 aliphatic carbocycles. The molecule has 3 rings (SSSR count). The molecule has 1 aliphatic rings. The van der Waals surface area contributed by atoms with Crippen LogP contribution in [-0.4, -0.2) is 58.8 Å². The molecule has 0 atom stereocenters. The van der Waals surface area contributed by atoms with Gasteiger partial charge in [-0.25, -0.2) is 4.98 Å². The fraction of sp³-hybridized carbons (Fsp3) is 0.600. The standard InChI is InChI=1S/C15H23N5O/c1-2-21-10-9-20-14-3-4-17-11-13(14)18-15(20)12-19-7-5-16-6-8-19/h3-4,11,16H,2,5-10,12H2,1H3. The average Bonchev–Trinajstić information content (AvgIpc) is 2.86. The Kier molecular flexibility index (Phi) is 4.80. The largest absolute Gasteiger partial charge is 0.380 e. The third-order valence-corrected chi connectivity index (χ3v) is 3.87. The van der Waals surface area contributed by atoms with Crippen molar-refractivity contribution in [1.29, 1.82) is 0 Å². The van der Waals surface area contributed by atoms with Gasteiger partial charge in [0.2, 0.25) is 0 Å². The molecule has 0 saturated carbocycles. The minimum Gasteiger partial charge on any atom is -0.380 e. The molecule has 0 bridgehead atoms. The van der Waals surface area contributed by atoms with Crippen molar-refractivity contribution in [2.24, 2.45) is 0 Å². The summed E-state index contributed by atoms with van der Waals surface area (Å²) < 4.78 is 7.79. The van der Waals surface area contributed by atoms with Crippen LogP contribution in [0.1, 0.15) is 12.7 Å². The molecule has 0 aromatic carbocycles. The predicted octanol–water partition coefficient (Wildman–Crippen LogP) is 0.873. The van der Waals surface area contributed by atoms with Crippen molar-refractivity contribution >= 4 is 11.0 Å². The molecule has 6 heteroatoms. The van der Waals surface area contributed by atoms with Crippen molar-refractivity contribution < 1.29 is 4.74 Å². The van der Waals surface area contributed by atoms with Gasteiger partial charge in [0.1, 0.15) is 11.3 Å². The predicted molar refractivity (Wildman–Crippen MR) is 82.2 cm³/mol. The van der Waals surface area contributed by atoms with Crippen LogP contribution in [-0.2, 0) is 17.8 Å². The van der Waals surface area contributed by atoms with E-state index in [0.717, 1.165) is 69.3 Å². The third-order valence-electron chi connectivity index (χ3n) is 3.87. The van der Waals surface area contributed by atoms with Crippen LogP contribution in [0.5, 0.6) is 0 Å². The van der Waals surface area contributed by atoms with Gasteiger partial charge in [0.25, 0.3) is 0 Å². The second-order valence-corrected chi connectivity index (χ2v) is 5.27. The Bertz CT molecular complexity index is 576. The summed E-state index contributed by atoms with van der Waals surface area (Å²) in [6, 6.07) is 2.04. The lowest BCUT2D eigenvalue weighted by molar-refractivity contribution is 0.138. The lowest BCUT2D eigenvalue weighted by atomic mass is 10.3. The lowest BCUT2D eigenvalue weighted by Gasteiger charge is -2.27. The van der Waals surface area contributed by atoms with Crippen LogP contribution in [0.4, 0.5) is 0 Å². The third kappa shape index (κ3) is 3.40. The van der Waals surface area contributed by atoms with Gasteiger partial charge < -0.3 is 14.6 Å². The van der Waals surface area contributed by atoms with Crippen LogP contribution >= 0.6 is 0 Å². The Morgan fingerprint density at radius 2 is 2.19 bits per heavy atom. The highest BCUT2D eigenvalue weighted by molar-refractivity contribution is 5.74.